The molecule has 4 heteroatoms. The fourth-order valence-corrected chi connectivity index (χ4v) is 11.7. The Morgan fingerprint density at radius 1 is 1.03 bits per heavy atom. The van der Waals surface area contributed by atoms with Gasteiger partial charge in [0.2, 0.25) is 5.70 Å². The fourth-order valence-electron chi connectivity index (χ4n) is 11.7. The van der Waals surface area contributed by atoms with Crippen LogP contribution in [0.25, 0.3) is 4.85 Å². The van der Waals surface area contributed by atoms with E-state index in [0.29, 0.717) is 48.0 Å². The highest BCUT2D eigenvalue weighted by Crippen LogP contribution is 2.77. The summed E-state index contributed by atoms with van der Waals surface area (Å²) in [7, 11) is 0. The van der Waals surface area contributed by atoms with Crippen molar-refractivity contribution in [2.75, 3.05) is 6.67 Å². The second-order valence-electron chi connectivity index (χ2n) is 15.1. The van der Waals surface area contributed by atoms with Crippen LogP contribution in [0, 0.1) is 63.2 Å². The minimum Gasteiger partial charge on any atom is -0.307 e. The molecule has 0 aromatic carbocycles. The first-order chi connectivity index (χ1) is 17.7. The molecule has 5 aliphatic rings. The summed E-state index contributed by atoms with van der Waals surface area (Å²) in [6.45, 7) is 25.5. The van der Waals surface area contributed by atoms with Crippen LogP contribution in [0.4, 0.5) is 4.39 Å². The van der Waals surface area contributed by atoms with Gasteiger partial charge in [-0.1, -0.05) is 52.8 Å². The van der Waals surface area contributed by atoms with E-state index >= 15 is 0 Å². The second kappa shape index (κ2) is 8.87. The lowest BCUT2D eigenvalue weighted by Crippen LogP contribution is -2.66. The lowest BCUT2D eigenvalue weighted by atomic mass is 9.32. The molecule has 3 nitrogen and oxygen atoms in total. The van der Waals surface area contributed by atoms with Crippen molar-refractivity contribution in [3.05, 3.63) is 35.3 Å². The molecule has 4 fully saturated rings. The zero-order valence-electron chi connectivity index (χ0n) is 24.6. The van der Waals surface area contributed by atoms with Crippen LogP contribution in [0.2, 0.25) is 0 Å². The first-order valence-corrected chi connectivity index (χ1v) is 15.1. The van der Waals surface area contributed by atoms with Gasteiger partial charge in [-0.05, 0) is 111 Å². The number of fused-ring (bicyclic) bond motifs is 7. The number of hydrogen-bond donors (Lipinski definition) is 0. The van der Waals surface area contributed by atoms with E-state index in [2.05, 4.69) is 59.0 Å². The van der Waals surface area contributed by atoms with Crippen LogP contribution in [0.3, 0.4) is 0 Å². The topological polar surface area (TPSA) is 38.5 Å². The predicted octanol–water partition coefficient (Wildman–Crippen LogP) is 8.55. The molecule has 208 valence electrons. The number of halogens is 1. The van der Waals surface area contributed by atoms with Crippen molar-refractivity contribution in [3.63, 3.8) is 0 Å². The average Bonchev–Trinajstić information content (AvgIpc) is 3.26. The van der Waals surface area contributed by atoms with E-state index in [1.807, 2.05) is 0 Å². The zero-order valence-corrected chi connectivity index (χ0v) is 24.6. The Labute approximate surface area is 229 Å². The standard InChI is InChI=1S/C34H48FNO2/c1-21(2)22-13-16-34(27(37)10-9-19-35)18-17-32(6)23(28(22)34)11-12-26-31(5)20-24(36-8)29(38)30(3,4)25(31)14-15-33(26,32)7/h20,22-23,25-26,28H,1,9-19H2,2-7H3/t22-,23+,25-,26+,28+,31-,32+,33+,34+/m0/s1. The Hall–Kier alpha value is -1.76. The smallest absolute Gasteiger partial charge is 0.226 e. The Morgan fingerprint density at radius 2 is 1.74 bits per heavy atom. The summed E-state index contributed by atoms with van der Waals surface area (Å²) in [6.07, 6.45) is 11.0. The number of carbonyl (C=O) groups is 2. The van der Waals surface area contributed by atoms with E-state index in [1.54, 1.807) is 0 Å². The summed E-state index contributed by atoms with van der Waals surface area (Å²) < 4.78 is 13.1. The van der Waals surface area contributed by atoms with E-state index in [-0.39, 0.29) is 33.4 Å². The normalized spacial score (nSPS) is 47.1. The van der Waals surface area contributed by atoms with Crippen molar-refractivity contribution in [2.45, 2.75) is 106 Å². The molecule has 0 saturated heterocycles. The van der Waals surface area contributed by atoms with Gasteiger partial charge in [0.25, 0.3) is 0 Å². The van der Waals surface area contributed by atoms with Gasteiger partial charge in [-0.25, -0.2) is 4.85 Å². The number of rotatable bonds is 5. The minimum atomic E-state index is -0.524. The van der Waals surface area contributed by atoms with Crippen molar-refractivity contribution in [1.29, 1.82) is 0 Å². The van der Waals surface area contributed by atoms with E-state index in [4.69, 9.17) is 6.57 Å². The second-order valence-corrected chi connectivity index (χ2v) is 15.1. The number of alkyl halides is 1. The summed E-state index contributed by atoms with van der Waals surface area (Å²) in [5.41, 5.74) is 0.663. The molecule has 0 amide bonds. The Kier molecular flexibility index (Phi) is 6.49. The number of hydrogen-bond acceptors (Lipinski definition) is 2. The molecule has 0 heterocycles. The first-order valence-electron chi connectivity index (χ1n) is 15.1. The summed E-state index contributed by atoms with van der Waals surface area (Å²) >= 11 is 0. The summed E-state index contributed by atoms with van der Waals surface area (Å²) in [4.78, 5) is 30.8. The van der Waals surface area contributed by atoms with Gasteiger partial charge >= 0.3 is 0 Å². The number of ketones is 2. The Bertz CT molecular complexity index is 1130. The molecule has 5 rings (SSSR count). The van der Waals surface area contributed by atoms with Crippen LogP contribution in [-0.4, -0.2) is 18.2 Å². The quantitative estimate of drug-likeness (QED) is 0.268. The number of Topliss-reactive ketones (excluding diaryl/α,β-unsaturated/α-hetero) is 2. The van der Waals surface area contributed by atoms with Gasteiger partial charge in [0.15, 0.2) is 5.78 Å². The molecule has 5 aliphatic carbocycles. The average molecular weight is 522 g/mol. The van der Waals surface area contributed by atoms with Gasteiger partial charge in [-0.15, -0.1) is 0 Å². The molecule has 0 bridgehead atoms. The van der Waals surface area contributed by atoms with Crippen molar-refractivity contribution in [1.82, 2.24) is 0 Å². The van der Waals surface area contributed by atoms with Gasteiger partial charge in [0.1, 0.15) is 5.78 Å². The monoisotopic (exact) mass is 521 g/mol. The van der Waals surface area contributed by atoms with Crippen LogP contribution >= 0.6 is 0 Å². The van der Waals surface area contributed by atoms with Crippen molar-refractivity contribution in [2.24, 2.45) is 56.7 Å². The van der Waals surface area contributed by atoms with Crippen LogP contribution in [-0.2, 0) is 9.59 Å². The Morgan fingerprint density at radius 3 is 2.37 bits per heavy atom. The van der Waals surface area contributed by atoms with Crippen LogP contribution in [0.5, 0.6) is 0 Å². The fraction of sp³-hybridized carbons (Fsp3) is 0.794. The minimum absolute atomic E-state index is 0.0166. The van der Waals surface area contributed by atoms with Gasteiger partial charge in [0.05, 0.1) is 13.2 Å². The zero-order chi connectivity index (χ0) is 27.9. The largest absolute Gasteiger partial charge is 0.307 e. The molecule has 0 aliphatic heterocycles. The molecule has 38 heavy (non-hydrogen) atoms. The molecular formula is C34H48FNO2. The van der Waals surface area contributed by atoms with Gasteiger partial charge in [-0.3, -0.25) is 9.18 Å². The predicted molar refractivity (Wildman–Crippen MR) is 150 cm³/mol. The lowest BCUT2D eigenvalue weighted by Gasteiger charge is -2.71. The summed E-state index contributed by atoms with van der Waals surface area (Å²) in [6, 6.07) is 0. The van der Waals surface area contributed by atoms with Crippen molar-refractivity contribution >= 4 is 11.6 Å². The summed E-state index contributed by atoms with van der Waals surface area (Å²) in [5, 5.41) is 0. The number of allylic oxidation sites excluding steroid dienone is 3. The molecule has 0 aromatic heterocycles. The van der Waals surface area contributed by atoms with E-state index in [1.165, 1.54) is 5.57 Å². The Balaban J connectivity index is 1.59. The molecule has 0 radical (unpaired) electrons. The van der Waals surface area contributed by atoms with Gasteiger partial charge < -0.3 is 4.79 Å². The maximum Gasteiger partial charge on any atom is 0.226 e. The van der Waals surface area contributed by atoms with Crippen molar-refractivity contribution in [3.8, 4) is 0 Å². The number of carbonyl (C=O) groups excluding carboxylic acids is 2. The molecule has 4 saturated carbocycles. The highest BCUT2D eigenvalue weighted by molar-refractivity contribution is 6.02. The SMILES string of the molecule is [C-]#[N+]C1=C[C@]2(C)[C@H]3CC[C@@H]4[C@H]5[C@H](C(=C)C)CC[C@]5(C(=O)CCCF)CC[C@@]4(C)[C@]3(C)CC[C@H]2C(C)(C)C1=O. The highest BCUT2D eigenvalue weighted by Gasteiger charge is 2.71. The molecule has 9 atom stereocenters. The van der Waals surface area contributed by atoms with Crippen LogP contribution in [0.15, 0.2) is 23.9 Å². The molecule has 0 N–H and O–H groups in total. The lowest BCUT2D eigenvalue weighted by molar-refractivity contribution is -0.217. The highest BCUT2D eigenvalue weighted by atomic mass is 19.1. The third-order valence-corrected chi connectivity index (χ3v) is 13.6. The molecule has 0 spiro atoms. The van der Waals surface area contributed by atoms with Crippen LogP contribution in [0.1, 0.15) is 106 Å². The maximum atomic E-state index is 13.8. The van der Waals surface area contributed by atoms with Crippen molar-refractivity contribution < 1.29 is 14.0 Å². The first kappa shape index (κ1) is 27.8. The number of nitrogens with zero attached hydrogens (tertiary/aromatic N) is 1. The molecule has 0 unspecified atom stereocenters. The van der Waals surface area contributed by atoms with E-state index in [9.17, 15) is 14.0 Å². The molecule has 0 aromatic rings. The van der Waals surface area contributed by atoms with Gasteiger partial charge in [-0.2, -0.15) is 0 Å². The summed E-state index contributed by atoms with van der Waals surface area (Å²) in [5.74, 6) is 2.07. The van der Waals surface area contributed by atoms with Gasteiger partial charge in [0, 0.05) is 17.3 Å². The third-order valence-electron chi connectivity index (χ3n) is 13.6. The van der Waals surface area contributed by atoms with E-state index in [0.717, 1.165) is 51.4 Å². The van der Waals surface area contributed by atoms with Crippen LogP contribution < -0.4 is 0 Å². The molecular weight excluding hydrogens is 473 g/mol. The third kappa shape index (κ3) is 3.35. The maximum absolute atomic E-state index is 13.8. The van der Waals surface area contributed by atoms with E-state index < -0.39 is 12.1 Å².